The topological polar surface area (TPSA) is 41.6 Å². The van der Waals surface area contributed by atoms with Gasteiger partial charge in [-0.1, -0.05) is 41.9 Å². The molecule has 0 aliphatic heterocycles. The van der Waals surface area contributed by atoms with E-state index in [1.807, 2.05) is 60.5 Å². The van der Waals surface area contributed by atoms with Gasteiger partial charge in [-0.05, 0) is 49.7 Å². The Hall–Kier alpha value is -2.11. The van der Waals surface area contributed by atoms with E-state index in [4.69, 9.17) is 28.6 Å². The number of ketones is 1. The molecule has 1 aliphatic carbocycles. The number of benzene rings is 2. The number of nitrogens with one attached hydrogen (secondary N) is 1. The molecule has 0 aromatic heterocycles. The number of carbonyl (C=O) groups excluding carboxylic acids is 1. The number of Topliss-reactive ketones (excluding diaryl/α,β-unsaturated/α-hetero) is 1. The van der Waals surface area contributed by atoms with Crippen molar-refractivity contribution in [3.05, 3.63) is 59.1 Å². The van der Waals surface area contributed by atoms with Gasteiger partial charge in [0, 0.05) is 24.1 Å². The number of likely N-dealkylation sites (N-methyl/N-ethyl adjacent to an activating group) is 1. The minimum Gasteiger partial charge on any atom is -0.495 e. The molecule has 0 bridgehead atoms. The lowest BCUT2D eigenvalue weighted by Crippen LogP contribution is -2.55. The Balaban J connectivity index is 1.99. The molecule has 1 saturated carbocycles. The lowest BCUT2D eigenvalue weighted by Gasteiger charge is -2.45. The zero-order valence-electron chi connectivity index (χ0n) is 15.5. The highest BCUT2D eigenvalue weighted by Crippen LogP contribution is 2.42. The smallest absolute Gasteiger partial charge is 0.174 e. The molecule has 142 valence electrons. The first kappa shape index (κ1) is 19.6. The van der Waals surface area contributed by atoms with Gasteiger partial charge in [-0.2, -0.15) is 0 Å². The molecule has 3 rings (SSSR count). The van der Waals surface area contributed by atoms with Crippen LogP contribution in [0, 0.1) is 0 Å². The minimum atomic E-state index is -0.858. The number of nitrogens with zero attached hydrogens (tertiary/aromatic N) is 1. The molecule has 1 unspecified atom stereocenters. The predicted molar refractivity (Wildman–Crippen MR) is 114 cm³/mol. The van der Waals surface area contributed by atoms with Crippen LogP contribution in [-0.2, 0) is 10.3 Å². The SMILES string of the molecule is COc1ccccc1NC(=S)N(C)C1(c2ccccc2Cl)CCCCC1=O. The molecule has 0 spiro atoms. The maximum absolute atomic E-state index is 13.2. The van der Waals surface area contributed by atoms with Crippen LogP contribution < -0.4 is 10.1 Å². The molecule has 2 aromatic carbocycles. The molecule has 0 heterocycles. The number of hydrogen-bond acceptors (Lipinski definition) is 3. The second-order valence-corrected chi connectivity index (χ2v) is 7.45. The first-order chi connectivity index (χ1) is 13.0. The van der Waals surface area contributed by atoms with Crippen LogP contribution in [0.15, 0.2) is 48.5 Å². The highest BCUT2D eigenvalue weighted by Gasteiger charge is 2.47. The van der Waals surface area contributed by atoms with E-state index < -0.39 is 5.54 Å². The van der Waals surface area contributed by atoms with E-state index >= 15 is 0 Å². The second-order valence-electron chi connectivity index (χ2n) is 6.66. The fraction of sp³-hybridized carbons (Fsp3) is 0.333. The summed E-state index contributed by atoms with van der Waals surface area (Å²) in [6.07, 6.45) is 3.04. The molecule has 1 N–H and O–H groups in total. The summed E-state index contributed by atoms with van der Waals surface area (Å²) in [7, 11) is 3.47. The van der Waals surface area contributed by atoms with E-state index in [0.717, 1.165) is 24.1 Å². The molecule has 0 amide bonds. The van der Waals surface area contributed by atoms with E-state index in [-0.39, 0.29) is 5.78 Å². The molecule has 0 saturated heterocycles. The van der Waals surface area contributed by atoms with Crippen LogP contribution in [0.1, 0.15) is 31.2 Å². The van der Waals surface area contributed by atoms with Crippen molar-refractivity contribution in [1.82, 2.24) is 4.90 Å². The number of ether oxygens (including phenoxy) is 1. The monoisotopic (exact) mass is 402 g/mol. The molecule has 0 radical (unpaired) electrons. The van der Waals surface area contributed by atoms with Crippen LogP contribution in [-0.4, -0.2) is 30.0 Å². The Bertz CT molecular complexity index is 858. The van der Waals surface area contributed by atoms with Gasteiger partial charge in [-0.3, -0.25) is 4.79 Å². The van der Waals surface area contributed by atoms with E-state index in [1.165, 1.54) is 0 Å². The first-order valence-electron chi connectivity index (χ1n) is 8.97. The highest BCUT2D eigenvalue weighted by molar-refractivity contribution is 7.80. The lowest BCUT2D eigenvalue weighted by atomic mass is 9.74. The molecule has 4 nitrogen and oxygen atoms in total. The highest BCUT2D eigenvalue weighted by atomic mass is 35.5. The van der Waals surface area contributed by atoms with Crippen LogP contribution in [0.25, 0.3) is 0 Å². The number of rotatable bonds is 4. The Labute approximate surface area is 170 Å². The second kappa shape index (κ2) is 8.28. The number of carbonyl (C=O) groups is 1. The molecular formula is C21H23ClN2O2S. The van der Waals surface area contributed by atoms with Gasteiger partial charge in [0.25, 0.3) is 0 Å². The molecule has 6 heteroatoms. The van der Waals surface area contributed by atoms with Crippen LogP contribution in [0.2, 0.25) is 5.02 Å². The van der Waals surface area contributed by atoms with E-state index in [1.54, 1.807) is 7.11 Å². The van der Waals surface area contributed by atoms with Crippen molar-refractivity contribution in [1.29, 1.82) is 0 Å². The van der Waals surface area contributed by atoms with Crippen molar-refractivity contribution in [3.8, 4) is 5.75 Å². The third-order valence-corrected chi connectivity index (χ3v) is 5.90. The molecule has 1 fully saturated rings. The molecule has 27 heavy (non-hydrogen) atoms. The van der Waals surface area contributed by atoms with E-state index in [9.17, 15) is 4.79 Å². The fourth-order valence-electron chi connectivity index (χ4n) is 3.75. The third kappa shape index (κ3) is 3.66. The number of para-hydroxylation sites is 2. The van der Waals surface area contributed by atoms with Gasteiger partial charge >= 0.3 is 0 Å². The summed E-state index contributed by atoms with van der Waals surface area (Å²) in [5, 5.41) is 4.27. The van der Waals surface area contributed by atoms with E-state index in [2.05, 4.69) is 5.32 Å². The predicted octanol–water partition coefficient (Wildman–Crippen LogP) is 5.02. The minimum absolute atomic E-state index is 0.147. The zero-order chi connectivity index (χ0) is 19.4. The van der Waals surface area contributed by atoms with Gasteiger partial charge in [0.05, 0.1) is 12.8 Å². The zero-order valence-corrected chi connectivity index (χ0v) is 17.1. The summed E-state index contributed by atoms with van der Waals surface area (Å²) in [6.45, 7) is 0. The number of anilines is 1. The van der Waals surface area contributed by atoms with Gasteiger partial charge < -0.3 is 15.0 Å². The largest absolute Gasteiger partial charge is 0.495 e. The molecule has 1 atom stereocenters. The summed E-state index contributed by atoms with van der Waals surface area (Å²) in [6, 6.07) is 15.1. The van der Waals surface area contributed by atoms with Crippen molar-refractivity contribution < 1.29 is 9.53 Å². The standard InChI is InChI=1S/C21H23ClN2O2S/c1-24(20(27)23-17-11-5-6-12-18(17)26-2)21(14-8-7-13-19(21)25)15-9-3-4-10-16(15)22/h3-6,9-12H,7-8,13-14H2,1-2H3,(H,23,27). The van der Waals surface area contributed by atoms with Gasteiger partial charge in [0.1, 0.15) is 11.3 Å². The Morgan fingerprint density at radius 1 is 1.19 bits per heavy atom. The average Bonchev–Trinajstić information content (AvgIpc) is 2.69. The number of halogens is 1. The van der Waals surface area contributed by atoms with Gasteiger partial charge in [0.15, 0.2) is 10.9 Å². The van der Waals surface area contributed by atoms with Crippen LogP contribution in [0.5, 0.6) is 5.75 Å². The third-order valence-electron chi connectivity index (χ3n) is 5.20. The van der Waals surface area contributed by atoms with Crippen LogP contribution >= 0.6 is 23.8 Å². The quantitative estimate of drug-likeness (QED) is 0.727. The van der Waals surface area contributed by atoms with Crippen LogP contribution in [0.4, 0.5) is 5.69 Å². The average molecular weight is 403 g/mol. The first-order valence-corrected chi connectivity index (χ1v) is 9.75. The Morgan fingerprint density at radius 2 is 1.89 bits per heavy atom. The summed E-state index contributed by atoms with van der Waals surface area (Å²) in [5.41, 5.74) is 0.709. The van der Waals surface area contributed by atoms with Crippen molar-refractivity contribution in [3.63, 3.8) is 0 Å². The Morgan fingerprint density at radius 3 is 2.59 bits per heavy atom. The lowest BCUT2D eigenvalue weighted by molar-refractivity contribution is -0.131. The van der Waals surface area contributed by atoms with Crippen molar-refractivity contribution in [2.24, 2.45) is 0 Å². The van der Waals surface area contributed by atoms with Gasteiger partial charge in [0.2, 0.25) is 0 Å². The summed E-state index contributed by atoms with van der Waals surface area (Å²) in [5.74, 6) is 0.837. The maximum atomic E-state index is 13.2. The van der Waals surface area contributed by atoms with Gasteiger partial charge in [-0.15, -0.1) is 0 Å². The summed E-state index contributed by atoms with van der Waals surface area (Å²) >= 11 is 12.2. The fourth-order valence-corrected chi connectivity index (χ4v) is 4.31. The molecular weight excluding hydrogens is 380 g/mol. The van der Waals surface area contributed by atoms with Crippen molar-refractivity contribution in [2.75, 3.05) is 19.5 Å². The van der Waals surface area contributed by atoms with E-state index in [0.29, 0.717) is 28.7 Å². The van der Waals surface area contributed by atoms with Gasteiger partial charge in [-0.25, -0.2) is 0 Å². The van der Waals surface area contributed by atoms with Crippen molar-refractivity contribution >= 4 is 40.4 Å². The number of thiocarbonyl (C=S) groups is 1. The summed E-state index contributed by atoms with van der Waals surface area (Å²) < 4.78 is 5.39. The number of hydrogen-bond donors (Lipinski definition) is 1. The normalized spacial score (nSPS) is 19.4. The Kier molecular flexibility index (Phi) is 6.02. The van der Waals surface area contributed by atoms with Crippen LogP contribution in [0.3, 0.4) is 0 Å². The maximum Gasteiger partial charge on any atom is 0.174 e. The summed E-state index contributed by atoms with van der Waals surface area (Å²) in [4.78, 5) is 15.0. The number of methoxy groups -OCH3 is 1. The van der Waals surface area contributed by atoms with Crippen molar-refractivity contribution in [2.45, 2.75) is 31.2 Å². The molecule has 2 aromatic rings. The molecule has 1 aliphatic rings.